The number of hydrogen-bond donors (Lipinski definition) is 3. The molecule has 5 nitrogen and oxygen atoms in total. The fourth-order valence-electron chi connectivity index (χ4n) is 1.57. The molecule has 0 radical (unpaired) electrons. The SMILES string of the molecule is CN(CCO)C(C(=O)O)c1cccc(O)c1. The Morgan fingerprint density at radius 3 is 2.69 bits per heavy atom. The standard InChI is InChI=1S/C11H15NO4/c1-12(5-6-13)10(11(15)16)8-3-2-4-9(14)7-8/h2-4,7,10,13-14H,5-6H2,1H3,(H,15,16). The van der Waals surface area contributed by atoms with Crippen LogP contribution in [0.3, 0.4) is 0 Å². The molecule has 0 spiro atoms. The van der Waals surface area contributed by atoms with Crippen LogP contribution < -0.4 is 0 Å². The predicted octanol–water partition coefficient (Wildman–Crippen LogP) is 0.442. The van der Waals surface area contributed by atoms with Gasteiger partial charge in [0.25, 0.3) is 0 Å². The molecule has 0 saturated heterocycles. The number of hydrogen-bond acceptors (Lipinski definition) is 4. The Labute approximate surface area is 93.6 Å². The molecule has 0 aliphatic carbocycles. The number of carboxylic acids is 1. The maximum atomic E-state index is 11.1. The van der Waals surface area contributed by atoms with Crippen LogP contribution in [0.5, 0.6) is 5.75 Å². The van der Waals surface area contributed by atoms with Gasteiger partial charge in [0, 0.05) is 6.54 Å². The zero-order valence-electron chi connectivity index (χ0n) is 9.00. The molecule has 0 amide bonds. The number of likely N-dealkylation sites (N-methyl/N-ethyl adjacent to an activating group) is 1. The quantitative estimate of drug-likeness (QED) is 0.677. The summed E-state index contributed by atoms with van der Waals surface area (Å²) in [4.78, 5) is 12.6. The van der Waals surface area contributed by atoms with Crippen molar-refractivity contribution in [2.75, 3.05) is 20.2 Å². The summed E-state index contributed by atoms with van der Waals surface area (Å²) >= 11 is 0. The molecule has 5 heteroatoms. The van der Waals surface area contributed by atoms with Crippen LogP contribution in [-0.2, 0) is 4.79 Å². The first-order valence-corrected chi connectivity index (χ1v) is 4.89. The Hall–Kier alpha value is -1.59. The van der Waals surface area contributed by atoms with Crippen molar-refractivity contribution in [1.82, 2.24) is 4.90 Å². The number of carboxylic acid groups (broad SMARTS) is 1. The first-order valence-electron chi connectivity index (χ1n) is 4.89. The molecule has 0 saturated carbocycles. The van der Waals surface area contributed by atoms with Crippen molar-refractivity contribution in [2.24, 2.45) is 0 Å². The molecular weight excluding hydrogens is 210 g/mol. The van der Waals surface area contributed by atoms with E-state index in [1.807, 2.05) is 0 Å². The summed E-state index contributed by atoms with van der Waals surface area (Å²) in [5.74, 6) is -0.984. The number of rotatable bonds is 5. The van der Waals surface area contributed by atoms with Crippen LogP contribution >= 0.6 is 0 Å². The van der Waals surface area contributed by atoms with Gasteiger partial charge in [-0.1, -0.05) is 12.1 Å². The van der Waals surface area contributed by atoms with Gasteiger partial charge in [-0.25, -0.2) is 0 Å². The highest BCUT2D eigenvalue weighted by Crippen LogP contribution is 2.22. The van der Waals surface area contributed by atoms with Gasteiger partial charge < -0.3 is 15.3 Å². The summed E-state index contributed by atoms with van der Waals surface area (Å²) in [5.41, 5.74) is 0.489. The van der Waals surface area contributed by atoms with E-state index in [4.69, 9.17) is 10.2 Å². The average molecular weight is 225 g/mol. The molecule has 0 heterocycles. The van der Waals surface area contributed by atoms with Gasteiger partial charge in [-0.3, -0.25) is 9.69 Å². The van der Waals surface area contributed by atoms with Crippen molar-refractivity contribution in [3.63, 3.8) is 0 Å². The summed E-state index contributed by atoms with van der Waals surface area (Å²) < 4.78 is 0. The molecule has 3 N–H and O–H groups in total. The number of phenolic OH excluding ortho intramolecular Hbond substituents is 1. The van der Waals surface area contributed by atoms with Crippen molar-refractivity contribution in [3.8, 4) is 5.75 Å². The predicted molar refractivity (Wildman–Crippen MR) is 58.2 cm³/mol. The van der Waals surface area contributed by atoms with Gasteiger partial charge in [0.2, 0.25) is 0 Å². The lowest BCUT2D eigenvalue weighted by atomic mass is 10.1. The van der Waals surface area contributed by atoms with Crippen LogP contribution in [0.4, 0.5) is 0 Å². The van der Waals surface area contributed by atoms with E-state index in [-0.39, 0.29) is 18.9 Å². The highest BCUT2D eigenvalue weighted by Gasteiger charge is 2.24. The second-order valence-electron chi connectivity index (χ2n) is 3.54. The summed E-state index contributed by atoms with van der Waals surface area (Å²) in [6.07, 6.45) is 0. The van der Waals surface area contributed by atoms with Crippen molar-refractivity contribution in [1.29, 1.82) is 0 Å². The Morgan fingerprint density at radius 2 is 2.19 bits per heavy atom. The third kappa shape index (κ3) is 2.95. The molecule has 0 aromatic heterocycles. The number of nitrogens with zero attached hydrogens (tertiary/aromatic N) is 1. The van der Waals surface area contributed by atoms with E-state index < -0.39 is 12.0 Å². The normalized spacial score (nSPS) is 12.7. The number of carbonyl (C=O) groups is 1. The van der Waals surface area contributed by atoms with Crippen LogP contribution in [0.25, 0.3) is 0 Å². The molecule has 16 heavy (non-hydrogen) atoms. The van der Waals surface area contributed by atoms with Gasteiger partial charge in [0.05, 0.1) is 6.61 Å². The monoisotopic (exact) mass is 225 g/mol. The largest absolute Gasteiger partial charge is 0.508 e. The van der Waals surface area contributed by atoms with Gasteiger partial charge in [0.1, 0.15) is 11.8 Å². The van der Waals surface area contributed by atoms with Gasteiger partial charge >= 0.3 is 5.97 Å². The first kappa shape index (κ1) is 12.5. The van der Waals surface area contributed by atoms with Gasteiger partial charge in [-0.2, -0.15) is 0 Å². The van der Waals surface area contributed by atoms with Gasteiger partial charge in [0.15, 0.2) is 0 Å². The Kier molecular flexibility index (Phi) is 4.28. The molecule has 1 aromatic rings. The highest BCUT2D eigenvalue weighted by molar-refractivity contribution is 5.75. The number of aromatic hydroxyl groups is 1. The molecule has 1 aromatic carbocycles. The third-order valence-corrected chi connectivity index (χ3v) is 2.31. The summed E-state index contributed by atoms with van der Waals surface area (Å²) in [7, 11) is 1.61. The molecule has 0 aliphatic rings. The molecule has 0 aliphatic heterocycles. The van der Waals surface area contributed by atoms with E-state index in [0.29, 0.717) is 5.56 Å². The van der Waals surface area contributed by atoms with Crippen LogP contribution in [0.15, 0.2) is 24.3 Å². The number of aliphatic hydroxyl groups is 1. The van der Waals surface area contributed by atoms with E-state index in [1.165, 1.54) is 17.0 Å². The van der Waals surface area contributed by atoms with Crippen LogP contribution in [-0.4, -0.2) is 46.4 Å². The lowest BCUT2D eigenvalue weighted by Crippen LogP contribution is -2.32. The maximum absolute atomic E-state index is 11.1. The number of benzene rings is 1. The Balaban J connectivity index is 2.98. The number of phenols is 1. The van der Waals surface area contributed by atoms with Crippen molar-refractivity contribution >= 4 is 5.97 Å². The third-order valence-electron chi connectivity index (χ3n) is 2.31. The number of aliphatic carboxylic acids is 1. The molecular formula is C11H15NO4. The molecule has 1 unspecified atom stereocenters. The minimum absolute atomic E-state index is 0.0288. The smallest absolute Gasteiger partial charge is 0.325 e. The van der Waals surface area contributed by atoms with Gasteiger partial charge in [-0.05, 0) is 24.7 Å². The lowest BCUT2D eigenvalue weighted by Gasteiger charge is -2.24. The lowest BCUT2D eigenvalue weighted by molar-refractivity contribution is -0.143. The van der Waals surface area contributed by atoms with E-state index in [0.717, 1.165) is 0 Å². The fourth-order valence-corrected chi connectivity index (χ4v) is 1.57. The molecule has 0 fully saturated rings. The zero-order chi connectivity index (χ0) is 12.1. The number of aliphatic hydroxyl groups excluding tert-OH is 1. The first-order chi connectivity index (χ1) is 7.56. The minimum Gasteiger partial charge on any atom is -0.508 e. The average Bonchev–Trinajstić information content (AvgIpc) is 2.17. The topological polar surface area (TPSA) is 81.0 Å². The molecule has 1 rings (SSSR count). The van der Waals surface area contributed by atoms with E-state index in [1.54, 1.807) is 19.2 Å². The molecule has 88 valence electrons. The van der Waals surface area contributed by atoms with E-state index in [9.17, 15) is 9.90 Å². The zero-order valence-corrected chi connectivity index (χ0v) is 9.00. The summed E-state index contributed by atoms with van der Waals surface area (Å²) in [5, 5.41) is 27.2. The van der Waals surface area contributed by atoms with Crippen LogP contribution in [0, 0.1) is 0 Å². The van der Waals surface area contributed by atoms with E-state index >= 15 is 0 Å². The second-order valence-corrected chi connectivity index (χ2v) is 3.54. The van der Waals surface area contributed by atoms with E-state index in [2.05, 4.69) is 0 Å². The Bertz CT molecular complexity index is 367. The minimum atomic E-state index is -1.01. The summed E-state index contributed by atoms with van der Waals surface area (Å²) in [6, 6.07) is 5.25. The highest BCUT2D eigenvalue weighted by atomic mass is 16.4. The maximum Gasteiger partial charge on any atom is 0.325 e. The van der Waals surface area contributed by atoms with Crippen LogP contribution in [0.1, 0.15) is 11.6 Å². The van der Waals surface area contributed by atoms with Crippen LogP contribution in [0.2, 0.25) is 0 Å². The molecule has 1 atom stereocenters. The van der Waals surface area contributed by atoms with Crippen molar-refractivity contribution in [2.45, 2.75) is 6.04 Å². The summed E-state index contributed by atoms with van der Waals surface area (Å²) in [6.45, 7) is 0.145. The fraction of sp³-hybridized carbons (Fsp3) is 0.364. The molecule has 0 bridgehead atoms. The van der Waals surface area contributed by atoms with Gasteiger partial charge in [-0.15, -0.1) is 0 Å². The second kappa shape index (κ2) is 5.48. The van der Waals surface area contributed by atoms with Crippen molar-refractivity contribution < 1.29 is 20.1 Å². The van der Waals surface area contributed by atoms with Crippen molar-refractivity contribution in [3.05, 3.63) is 29.8 Å². The Morgan fingerprint density at radius 1 is 1.50 bits per heavy atom.